The Labute approximate surface area is 183 Å². The fraction of sp³-hybridized carbons (Fsp3) is 0.909. The molecule has 8 nitrogen and oxygen atoms in total. The molecule has 0 aromatic carbocycles. The van der Waals surface area contributed by atoms with Crippen molar-refractivity contribution in [1.29, 1.82) is 0 Å². The summed E-state index contributed by atoms with van der Waals surface area (Å²) in [6.45, 7) is 13.4. The van der Waals surface area contributed by atoms with E-state index in [1.54, 1.807) is 0 Å². The van der Waals surface area contributed by atoms with Crippen LogP contribution < -0.4 is 16.0 Å². The van der Waals surface area contributed by atoms with E-state index in [0.29, 0.717) is 13.1 Å². The molecule has 1 rings (SSSR count). The first-order chi connectivity index (χ1) is 14.1. The number of likely N-dealkylation sites (N-methyl/N-ethyl adjacent to an activating group) is 1. The number of guanidine groups is 1. The van der Waals surface area contributed by atoms with Crippen molar-refractivity contribution < 1.29 is 14.3 Å². The van der Waals surface area contributed by atoms with Gasteiger partial charge in [0.2, 0.25) is 0 Å². The fourth-order valence-corrected chi connectivity index (χ4v) is 3.43. The van der Waals surface area contributed by atoms with Gasteiger partial charge in [-0.15, -0.1) is 0 Å². The number of unbranched alkanes of at least 4 members (excludes halogenated alkanes) is 1. The molecule has 3 N–H and O–H groups in total. The van der Waals surface area contributed by atoms with Gasteiger partial charge in [-0.05, 0) is 61.1 Å². The molecule has 0 radical (unpaired) electrons. The Bertz CT molecular complexity index is 525. The molecule has 1 heterocycles. The predicted molar refractivity (Wildman–Crippen MR) is 123 cm³/mol. The summed E-state index contributed by atoms with van der Waals surface area (Å²) in [4.78, 5) is 19.3. The quantitative estimate of drug-likeness (QED) is 0.367. The number of aliphatic imine (C=N–C) groups is 1. The lowest BCUT2D eigenvalue weighted by Crippen LogP contribution is -2.53. The van der Waals surface area contributed by atoms with E-state index in [4.69, 9.17) is 14.5 Å². The number of nitrogens with one attached hydrogen (secondary N) is 3. The molecular formula is C22H45N5O3. The zero-order chi connectivity index (χ0) is 22.6. The smallest absolute Gasteiger partial charge is 0.407 e. The number of nitrogens with zero attached hydrogens (tertiary/aromatic N) is 2. The summed E-state index contributed by atoms with van der Waals surface area (Å²) in [5.74, 6) is 0.789. The zero-order valence-electron chi connectivity index (χ0n) is 20.3. The van der Waals surface area contributed by atoms with Crippen LogP contribution in [0.5, 0.6) is 0 Å². The van der Waals surface area contributed by atoms with Gasteiger partial charge >= 0.3 is 6.09 Å². The van der Waals surface area contributed by atoms with Crippen LogP contribution in [0.1, 0.15) is 66.7 Å². The molecule has 1 saturated heterocycles. The second-order valence-electron chi connectivity index (χ2n) is 9.29. The highest BCUT2D eigenvalue weighted by atomic mass is 16.6. The van der Waals surface area contributed by atoms with E-state index in [1.807, 2.05) is 20.8 Å². The summed E-state index contributed by atoms with van der Waals surface area (Å²) in [6.07, 6.45) is 4.68. The van der Waals surface area contributed by atoms with Crippen molar-refractivity contribution in [1.82, 2.24) is 20.9 Å². The van der Waals surface area contributed by atoms with Crippen LogP contribution in [-0.2, 0) is 9.47 Å². The number of carbonyl (C=O) groups excluding carboxylic acids is 1. The van der Waals surface area contributed by atoms with Gasteiger partial charge in [0.15, 0.2) is 5.96 Å². The average Bonchev–Trinajstić information content (AvgIpc) is 2.67. The van der Waals surface area contributed by atoms with E-state index in [9.17, 15) is 4.79 Å². The third-order valence-electron chi connectivity index (χ3n) is 5.39. The van der Waals surface area contributed by atoms with Crippen LogP contribution in [0.3, 0.4) is 0 Å². The first-order valence-electron chi connectivity index (χ1n) is 11.4. The summed E-state index contributed by atoms with van der Waals surface area (Å²) in [5.41, 5.74) is -0.481. The second kappa shape index (κ2) is 13.0. The summed E-state index contributed by atoms with van der Waals surface area (Å²) >= 11 is 0. The van der Waals surface area contributed by atoms with Crippen LogP contribution >= 0.6 is 0 Å². The lowest BCUT2D eigenvalue weighted by atomic mass is 9.89. The molecule has 0 aromatic heterocycles. The number of ether oxygens (including phenoxy) is 2. The molecular weight excluding hydrogens is 382 g/mol. The Morgan fingerprint density at radius 2 is 1.87 bits per heavy atom. The van der Waals surface area contributed by atoms with Crippen LogP contribution in [0.2, 0.25) is 0 Å². The van der Waals surface area contributed by atoms with Crippen molar-refractivity contribution in [2.24, 2.45) is 4.99 Å². The molecule has 1 aliphatic heterocycles. The Kier molecular flexibility index (Phi) is 11.5. The van der Waals surface area contributed by atoms with Gasteiger partial charge in [-0.1, -0.05) is 19.8 Å². The Morgan fingerprint density at radius 1 is 1.20 bits per heavy atom. The molecule has 8 heteroatoms. The van der Waals surface area contributed by atoms with Crippen LogP contribution in [-0.4, -0.2) is 81.1 Å². The minimum atomic E-state index is -0.503. The minimum Gasteiger partial charge on any atom is -0.444 e. The van der Waals surface area contributed by atoms with E-state index in [-0.39, 0.29) is 17.7 Å². The fourth-order valence-electron chi connectivity index (χ4n) is 3.43. The molecule has 176 valence electrons. The van der Waals surface area contributed by atoms with Crippen molar-refractivity contribution in [2.75, 3.05) is 46.9 Å². The highest BCUT2D eigenvalue weighted by molar-refractivity contribution is 5.80. The van der Waals surface area contributed by atoms with E-state index in [0.717, 1.165) is 57.8 Å². The van der Waals surface area contributed by atoms with Crippen LogP contribution in [0.25, 0.3) is 0 Å². The van der Waals surface area contributed by atoms with Crippen LogP contribution in [0.4, 0.5) is 4.79 Å². The highest BCUT2D eigenvalue weighted by Gasteiger charge is 2.34. The van der Waals surface area contributed by atoms with Gasteiger partial charge in [0, 0.05) is 37.9 Å². The SMILES string of the molecule is CCCCC(CNC(=O)OC(C)(C)C)NC(=NCC1(N(C)C)CCOCC1)NCC. The first-order valence-corrected chi connectivity index (χ1v) is 11.4. The van der Waals surface area contributed by atoms with Gasteiger partial charge in [-0.2, -0.15) is 0 Å². The maximum absolute atomic E-state index is 12.1. The summed E-state index contributed by atoms with van der Waals surface area (Å²) < 4.78 is 10.9. The number of rotatable bonds is 10. The Hall–Kier alpha value is -1.54. The van der Waals surface area contributed by atoms with Crippen molar-refractivity contribution in [3.63, 3.8) is 0 Å². The minimum absolute atomic E-state index is 0.0221. The highest BCUT2D eigenvalue weighted by Crippen LogP contribution is 2.26. The van der Waals surface area contributed by atoms with Gasteiger partial charge in [-0.3, -0.25) is 4.99 Å². The number of hydrogen-bond donors (Lipinski definition) is 3. The molecule has 0 aliphatic carbocycles. The van der Waals surface area contributed by atoms with E-state index in [1.165, 1.54) is 0 Å². The van der Waals surface area contributed by atoms with E-state index in [2.05, 4.69) is 48.8 Å². The number of amides is 1. The molecule has 1 amide bonds. The van der Waals surface area contributed by atoms with E-state index >= 15 is 0 Å². The summed E-state index contributed by atoms with van der Waals surface area (Å²) in [5, 5.41) is 9.77. The molecule has 0 saturated carbocycles. The van der Waals surface area contributed by atoms with Crippen molar-refractivity contribution in [3.05, 3.63) is 0 Å². The van der Waals surface area contributed by atoms with Crippen LogP contribution in [0, 0.1) is 0 Å². The maximum Gasteiger partial charge on any atom is 0.407 e. The molecule has 0 aromatic rings. The maximum atomic E-state index is 12.1. The predicted octanol–water partition coefficient (Wildman–Crippen LogP) is 2.74. The van der Waals surface area contributed by atoms with Crippen LogP contribution in [0.15, 0.2) is 4.99 Å². The molecule has 1 atom stereocenters. The lowest BCUT2D eigenvalue weighted by Gasteiger charge is -2.41. The largest absolute Gasteiger partial charge is 0.444 e. The molecule has 0 bridgehead atoms. The summed E-state index contributed by atoms with van der Waals surface area (Å²) in [6, 6.07) is 0.0836. The Morgan fingerprint density at radius 3 is 2.40 bits per heavy atom. The number of hydrogen-bond acceptors (Lipinski definition) is 5. The van der Waals surface area contributed by atoms with Gasteiger partial charge in [0.1, 0.15) is 5.60 Å². The summed E-state index contributed by atoms with van der Waals surface area (Å²) in [7, 11) is 4.24. The van der Waals surface area contributed by atoms with Gasteiger partial charge in [0.25, 0.3) is 0 Å². The van der Waals surface area contributed by atoms with Gasteiger partial charge in [-0.25, -0.2) is 4.79 Å². The standard InChI is InChI=1S/C22H45N5O3/c1-8-10-11-18(16-24-20(28)30-21(3,4)5)26-19(23-9-2)25-17-22(27(6)7)12-14-29-15-13-22/h18H,8-17H2,1-7H3,(H,24,28)(H2,23,25,26). The lowest BCUT2D eigenvalue weighted by molar-refractivity contribution is -0.00255. The third kappa shape index (κ3) is 9.98. The number of alkyl carbamates (subject to hydrolysis) is 1. The van der Waals surface area contributed by atoms with Crippen molar-refractivity contribution in [2.45, 2.75) is 83.9 Å². The molecule has 30 heavy (non-hydrogen) atoms. The van der Waals surface area contributed by atoms with E-state index < -0.39 is 5.60 Å². The van der Waals surface area contributed by atoms with Crippen molar-refractivity contribution >= 4 is 12.1 Å². The molecule has 1 fully saturated rings. The zero-order valence-corrected chi connectivity index (χ0v) is 20.3. The monoisotopic (exact) mass is 427 g/mol. The number of carbonyl (C=O) groups is 1. The third-order valence-corrected chi connectivity index (χ3v) is 5.39. The average molecular weight is 428 g/mol. The molecule has 0 spiro atoms. The van der Waals surface area contributed by atoms with Gasteiger partial charge in [0.05, 0.1) is 6.54 Å². The normalized spacial score (nSPS) is 18.1. The molecule has 1 aliphatic rings. The van der Waals surface area contributed by atoms with Crippen molar-refractivity contribution in [3.8, 4) is 0 Å². The first kappa shape index (κ1) is 26.5. The topological polar surface area (TPSA) is 87.2 Å². The second-order valence-corrected chi connectivity index (χ2v) is 9.29. The van der Waals surface area contributed by atoms with Gasteiger partial charge < -0.3 is 30.3 Å². The Balaban J connectivity index is 2.79. The molecule has 1 unspecified atom stereocenters.